The minimum absolute atomic E-state index is 0.0178. The molecule has 3 heterocycles. The number of nitrogens with one attached hydrogen (secondary N) is 3. The average Bonchev–Trinajstić information content (AvgIpc) is 3.78. The molecule has 0 spiro atoms. The van der Waals surface area contributed by atoms with E-state index in [9.17, 15) is 24.0 Å². The van der Waals surface area contributed by atoms with E-state index in [1.807, 2.05) is 24.3 Å². The van der Waals surface area contributed by atoms with Crippen molar-refractivity contribution in [1.29, 1.82) is 0 Å². The summed E-state index contributed by atoms with van der Waals surface area (Å²) >= 11 is 0. The first-order valence-electron chi connectivity index (χ1n) is 13.6. The van der Waals surface area contributed by atoms with Crippen molar-refractivity contribution in [1.82, 2.24) is 35.3 Å². The predicted octanol–water partition coefficient (Wildman–Crippen LogP) is 1.29. The van der Waals surface area contributed by atoms with Crippen LogP contribution in [0.5, 0.6) is 0 Å². The first kappa shape index (κ1) is 26.7. The number of H-pyrrole nitrogens is 1. The molecule has 14 nitrogen and oxygen atoms in total. The summed E-state index contributed by atoms with van der Waals surface area (Å²) in [6.07, 6.45) is 4.20. The van der Waals surface area contributed by atoms with E-state index in [4.69, 9.17) is 5.73 Å². The van der Waals surface area contributed by atoms with Crippen LogP contribution in [0.25, 0.3) is 28.0 Å². The molecule has 0 fully saturated rings. The minimum atomic E-state index is -0.700. The molecule has 0 bridgehead atoms. The molecule has 6 aromatic rings. The van der Waals surface area contributed by atoms with Crippen LogP contribution in [-0.2, 0) is 13.0 Å². The Morgan fingerprint density at radius 2 is 1.82 bits per heavy atom. The van der Waals surface area contributed by atoms with Gasteiger partial charge in [-0.05, 0) is 53.1 Å². The monoisotopic (exact) mass is 590 g/mol. The van der Waals surface area contributed by atoms with Gasteiger partial charge in [-0.25, -0.2) is 14.8 Å². The maximum atomic E-state index is 13.1. The lowest BCUT2D eigenvalue weighted by molar-refractivity contribution is 0.0931. The molecule has 5 N–H and O–H groups in total. The molecule has 0 radical (unpaired) electrons. The van der Waals surface area contributed by atoms with Crippen LogP contribution in [0, 0.1) is 0 Å². The summed E-state index contributed by atoms with van der Waals surface area (Å²) < 4.78 is 6.15. The third-order valence-corrected chi connectivity index (χ3v) is 7.74. The Balaban J connectivity index is 1.02. The Labute approximate surface area is 246 Å². The number of anilines is 1. The van der Waals surface area contributed by atoms with Crippen molar-refractivity contribution in [3.8, 4) is 17.1 Å². The molecule has 14 heteroatoms. The lowest BCUT2D eigenvalue weighted by Gasteiger charge is -2.14. The second kappa shape index (κ2) is 10.3. The molecule has 44 heavy (non-hydrogen) atoms. The highest BCUT2D eigenvalue weighted by Gasteiger charge is 2.26. The molecule has 2 amide bonds. The Kier molecular flexibility index (Phi) is 6.23. The summed E-state index contributed by atoms with van der Waals surface area (Å²) in [5, 5.41) is 10.3. The highest BCUT2D eigenvalue weighted by atomic mass is 16.5. The van der Waals surface area contributed by atoms with Crippen molar-refractivity contribution in [2.24, 2.45) is 0 Å². The highest BCUT2D eigenvalue weighted by Crippen LogP contribution is 2.33. The third kappa shape index (κ3) is 4.54. The van der Waals surface area contributed by atoms with Crippen molar-refractivity contribution in [2.75, 3.05) is 5.73 Å². The maximum Gasteiger partial charge on any atom is 0.439 e. The Morgan fingerprint density at radius 3 is 2.59 bits per heavy atom. The van der Waals surface area contributed by atoms with Gasteiger partial charge in [0.15, 0.2) is 5.82 Å². The molecular formula is C30H22N8O6. The van der Waals surface area contributed by atoms with Crippen molar-refractivity contribution in [2.45, 2.75) is 25.4 Å². The number of nitrogens with zero attached hydrogens (tertiary/aromatic N) is 4. The van der Waals surface area contributed by atoms with E-state index < -0.39 is 28.4 Å². The van der Waals surface area contributed by atoms with Gasteiger partial charge in [0.2, 0.25) is 0 Å². The van der Waals surface area contributed by atoms with Crippen molar-refractivity contribution < 1.29 is 14.1 Å². The van der Waals surface area contributed by atoms with E-state index in [-0.39, 0.29) is 35.3 Å². The van der Waals surface area contributed by atoms with Crippen LogP contribution >= 0.6 is 0 Å². The lowest BCUT2D eigenvalue weighted by Crippen LogP contribution is -2.38. The van der Waals surface area contributed by atoms with Gasteiger partial charge in [-0.15, -0.1) is 0 Å². The second-order valence-corrected chi connectivity index (χ2v) is 10.4. The van der Waals surface area contributed by atoms with Crippen LogP contribution in [0.1, 0.15) is 50.1 Å². The topological polar surface area (TPSA) is 208 Å². The standard InChI is InChI=1S/C30H22N8O6/c31-23-24(26(40)25(23)39)38-8-7-15-2-1-14(9-22(15)38)12-32-28(41)20-11-21(34-13-33-20)29(42)35-19-6-4-16-10-17(3-5-18(16)19)27-36-30(43)44-37-27/h1-3,5,7-11,13,19H,4,6,12,31H2,(H,32,41)(H,35,42)(H,36,37,43)/t19-/m0/s1. The van der Waals surface area contributed by atoms with E-state index >= 15 is 0 Å². The van der Waals surface area contributed by atoms with Gasteiger partial charge >= 0.3 is 5.76 Å². The number of fused-ring (bicyclic) bond motifs is 2. The van der Waals surface area contributed by atoms with Crippen molar-refractivity contribution in [3.63, 3.8) is 0 Å². The number of aromatic amines is 1. The predicted molar refractivity (Wildman–Crippen MR) is 157 cm³/mol. The number of hydrogen-bond acceptors (Lipinski definition) is 10. The molecule has 0 saturated heterocycles. The smallest absolute Gasteiger partial charge is 0.394 e. The fourth-order valence-electron chi connectivity index (χ4n) is 5.50. The number of benzene rings is 2. The summed E-state index contributed by atoms with van der Waals surface area (Å²) in [5.74, 6) is -1.26. The zero-order valence-electron chi connectivity index (χ0n) is 22.8. The van der Waals surface area contributed by atoms with Gasteiger partial charge in [0, 0.05) is 24.4 Å². The van der Waals surface area contributed by atoms with Crippen LogP contribution < -0.4 is 33.0 Å². The van der Waals surface area contributed by atoms with Crippen LogP contribution in [0.3, 0.4) is 0 Å². The molecule has 1 atom stereocenters. The number of hydrogen-bond donors (Lipinski definition) is 4. The molecule has 1 aliphatic rings. The zero-order chi connectivity index (χ0) is 30.5. The minimum Gasteiger partial charge on any atom is -0.394 e. The molecule has 3 aromatic carbocycles. The van der Waals surface area contributed by atoms with E-state index in [0.717, 1.165) is 28.4 Å². The summed E-state index contributed by atoms with van der Waals surface area (Å²) in [5.41, 5.74) is 8.56. The Hall–Kier alpha value is -6.18. The fourth-order valence-corrected chi connectivity index (χ4v) is 5.50. The van der Waals surface area contributed by atoms with Crippen LogP contribution in [0.4, 0.5) is 5.69 Å². The highest BCUT2D eigenvalue weighted by molar-refractivity contribution is 5.97. The first-order valence-corrected chi connectivity index (χ1v) is 13.6. The molecule has 7 rings (SSSR count). The fraction of sp³-hybridized carbons (Fsp3) is 0.133. The summed E-state index contributed by atoms with van der Waals surface area (Å²) in [6, 6.07) is 13.9. The molecule has 1 aliphatic carbocycles. The van der Waals surface area contributed by atoms with E-state index in [1.165, 1.54) is 6.07 Å². The summed E-state index contributed by atoms with van der Waals surface area (Å²) in [7, 11) is 0. The van der Waals surface area contributed by atoms with E-state index in [2.05, 4.69) is 35.3 Å². The molecule has 0 unspecified atom stereocenters. The normalized spacial score (nSPS) is 14.1. The largest absolute Gasteiger partial charge is 0.439 e. The number of aromatic nitrogens is 5. The van der Waals surface area contributed by atoms with E-state index in [0.29, 0.717) is 29.7 Å². The van der Waals surface area contributed by atoms with Crippen LogP contribution in [0.15, 0.2) is 80.0 Å². The SMILES string of the molecule is Nc1c(-n2ccc3ccc(CNC(=O)c4cc(C(=O)N[C@H]5CCc6cc(-c7noc(=O)[nH]7)ccc65)ncn4)cc32)c(=O)c1=O. The Morgan fingerprint density at radius 1 is 1.00 bits per heavy atom. The van der Waals surface area contributed by atoms with Crippen molar-refractivity contribution in [3.05, 3.63) is 120 Å². The average molecular weight is 591 g/mol. The number of aryl methyl sites for hydroxylation is 1. The van der Waals surface area contributed by atoms with Crippen molar-refractivity contribution >= 4 is 28.4 Å². The van der Waals surface area contributed by atoms with Gasteiger partial charge in [-0.3, -0.25) is 28.7 Å². The first-order chi connectivity index (χ1) is 21.3. The number of nitrogens with two attached hydrogens (primary N) is 1. The van der Waals surface area contributed by atoms with Gasteiger partial charge < -0.3 is 20.9 Å². The molecular weight excluding hydrogens is 568 g/mol. The number of amides is 2. The number of nitrogen functional groups attached to an aromatic ring is 1. The van der Waals surface area contributed by atoms with E-state index in [1.54, 1.807) is 29.0 Å². The summed E-state index contributed by atoms with van der Waals surface area (Å²) in [4.78, 5) is 71.6. The van der Waals surface area contributed by atoms with Gasteiger partial charge in [-0.1, -0.05) is 29.4 Å². The van der Waals surface area contributed by atoms with Gasteiger partial charge in [-0.2, -0.15) is 0 Å². The van der Waals surface area contributed by atoms with Gasteiger partial charge in [0.05, 0.1) is 11.6 Å². The molecule has 3 aromatic heterocycles. The quantitative estimate of drug-likeness (QED) is 0.196. The number of carbonyl (C=O) groups is 2. The van der Waals surface area contributed by atoms with Gasteiger partial charge in [0.25, 0.3) is 22.7 Å². The summed E-state index contributed by atoms with van der Waals surface area (Å²) in [6.45, 7) is 0.135. The lowest BCUT2D eigenvalue weighted by atomic mass is 10.0. The third-order valence-electron chi connectivity index (χ3n) is 7.74. The second-order valence-electron chi connectivity index (χ2n) is 10.4. The Bertz CT molecular complexity index is 2250. The van der Waals surface area contributed by atoms with Crippen LogP contribution in [-0.4, -0.2) is 36.5 Å². The zero-order valence-corrected chi connectivity index (χ0v) is 22.8. The maximum absolute atomic E-state index is 13.1. The van der Waals surface area contributed by atoms with Gasteiger partial charge in [0.1, 0.15) is 29.1 Å². The number of rotatable bonds is 7. The molecule has 218 valence electrons. The molecule has 0 saturated carbocycles. The number of carbonyl (C=O) groups excluding carboxylic acids is 2. The molecule has 0 aliphatic heterocycles. The van der Waals surface area contributed by atoms with Crippen LogP contribution in [0.2, 0.25) is 0 Å².